The van der Waals surface area contributed by atoms with Crippen molar-refractivity contribution >= 4 is 39.2 Å². The second-order valence-electron chi connectivity index (χ2n) is 12.1. The summed E-state index contributed by atoms with van der Waals surface area (Å²) in [5.74, 6) is -5.27. The standard InChI is InChI=1S/C31H35F4N3O9S/c1-17(39)38-12-9-24(22(16-38)28(41)36-18-5-4-6-20(13-18)48(44,45)31(33,34)35)37-27(40)21-14-26(23(32)15-25(21)46-3)47-19-7-10-30(2,11-8-19)29(42)43/h4-6,13-15,19,22,24H,7-12,16H2,1-3H3,(H,36,41)(H,37,40)(H,42,43)/t19?,22-,24+,30?/m0/s1. The molecule has 2 atom stereocenters. The van der Waals surface area contributed by atoms with Crippen LogP contribution in [-0.2, 0) is 24.2 Å². The molecule has 2 fully saturated rings. The van der Waals surface area contributed by atoms with Crippen LogP contribution < -0.4 is 20.1 Å². The number of amides is 3. The molecule has 17 heteroatoms. The van der Waals surface area contributed by atoms with E-state index in [-0.39, 0.29) is 48.2 Å². The largest absolute Gasteiger partial charge is 0.501 e. The van der Waals surface area contributed by atoms with Crippen LogP contribution in [0.15, 0.2) is 41.3 Å². The summed E-state index contributed by atoms with van der Waals surface area (Å²) < 4.78 is 89.1. The van der Waals surface area contributed by atoms with Crippen molar-refractivity contribution < 1.29 is 59.7 Å². The first-order valence-corrected chi connectivity index (χ1v) is 16.4. The lowest BCUT2D eigenvalue weighted by atomic mass is 9.75. The number of alkyl halides is 3. The van der Waals surface area contributed by atoms with Gasteiger partial charge in [0.05, 0.1) is 35.0 Å². The van der Waals surface area contributed by atoms with Crippen LogP contribution in [0.5, 0.6) is 11.5 Å². The third-order valence-corrected chi connectivity index (χ3v) is 10.3. The fourth-order valence-corrected chi connectivity index (χ4v) is 6.55. The Labute approximate surface area is 273 Å². The Morgan fingerprint density at radius 1 is 1.04 bits per heavy atom. The normalized spacial score (nSPS) is 23.1. The number of hydrogen-bond donors (Lipinski definition) is 3. The third kappa shape index (κ3) is 7.82. The molecule has 2 aromatic carbocycles. The molecule has 0 bridgehead atoms. The molecule has 1 saturated heterocycles. The predicted molar refractivity (Wildman–Crippen MR) is 162 cm³/mol. The van der Waals surface area contributed by atoms with Gasteiger partial charge in [-0.1, -0.05) is 6.07 Å². The first kappa shape index (κ1) is 36.4. The summed E-state index contributed by atoms with van der Waals surface area (Å²) in [5, 5.41) is 14.6. The van der Waals surface area contributed by atoms with E-state index >= 15 is 4.39 Å². The molecule has 12 nitrogen and oxygen atoms in total. The number of benzene rings is 2. The molecule has 48 heavy (non-hydrogen) atoms. The number of likely N-dealkylation sites (tertiary alicyclic amines) is 1. The fourth-order valence-electron chi connectivity index (χ4n) is 5.74. The molecule has 1 saturated carbocycles. The molecule has 3 N–H and O–H groups in total. The Morgan fingerprint density at radius 3 is 2.29 bits per heavy atom. The molecule has 2 aromatic rings. The van der Waals surface area contributed by atoms with Gasteiger partial charge in [0.2, 0.25) is 11.8 Å². The summed E-state index contributed by atoms with van der Waals surface area (Å²) >= 11 is 0. The van der Waals surface area contributed by atoms with Gasteiger partial charge in [0.15, 0.2) is 11.6 Å². The van der Waals surface area contributed by atoms with Gasteiger partial charge in [0, 0.05) is 37.8 Å². The van der Waals surface area contributed by atoms with Gasteiger partial charge in [0.25, 0.3) is 15.7 Å². The lowest BCUT2D eigenvalue weighted by Crippen LogP contribution is -2.55. The van der Waals surface area contributed by atoms with Crippen molar-refractivity contribution in [2.24, 2.45) is 11.3 Å². The van der Waals surface area contributed by atoms with E-state index in [0.29, 0.717) is 31.7 Å². The number of carbonyl (C=O) groups is 4. The van der Waals surface area contributed by atoms with Gasteiger partial charge in [-0.25, -0.2) is 12.8 Å². The number of halogens is 4. The van der Waals surface area contributed by atoms with Crippen molar-refractivity contribution in [2.75, 3.05) is 25.5 Å². The first-order chi connectivity index (χ1) is 22.4. The Morgan fingerprint density at radius 2 is 1.71 bits per heavy atom. The minimum atomic E-state index is -5.70. The van der Waals surface area contributed by atoms with E-state index in [4.69, 9.17) is 9.47 Å². The summed E-state index contributed by atoms with van der Waals surface area (Å²) in [7, 11) is -4.49. The molecule has 0 radical (unpaired) electrons. The van der Waals surface area contributed by atoms with Crippen molar-refractivity contribution in [3.63, 3.8) is 0 Å². The van der Waals surface area contributed by atoms with Gasteiger partial charge in [-0.2, -0.15) is 13.2 Å². The number of carboxylic acids is 1. The fraction of sp³-hybridized carbons (Fsp3) is 0.484. The Balaban J connectivity index is 1.55. The highest BCUT2D eigenvalue weighted by Gasteiger charge is 2.47. The Kier molecular flexibility index (Phi) is 10.6. The SMILES string of the molecule is COc1cc(F)c(OC2CCC(C)(C(=O)O)CC2)cc1C(=O)N[C@@H]1CCN(C(C)=O)C[C@@H]1C(=O)Nc1cccc(S(=O)(=O)C(F)(F)F)c1. The number of methoxy groups -OCH3 is 1. The number of piperidine rings is 1. The summed E-state index contributed by atoms with van der Waals surface area (Å²) in [4.78, 5) is 51.0. The van der Waals surface area contributed by atoms with E-state index in [2.05, 4.69) is 10.6 Å². The summed E-state index contributed by atoms with van der Waals surface area (Å²) in [6.45, 7) is 2.87. The van der Waals surface area contributed by atoms with E-state index in [9.17, 15) is 45.9 Å². The maximum Gasteiger partial charge on any atom is 0.501 e. The Bertz CT molecular complexity index is 1690. The molecule has 0 unspecified atom stereocenters. The van der Waals surface area contributed by atoms with Crippen LogP contribution >= 0.6 is 0 Å². The van der Waals surface area contributed by atoms with Gasteiger partial charge < -0.3 is 30.1 Å². The minimum Gasteiger partial charge on any atom is -0.496 e. The van der Waals surface area contributed by atoms with Crippen LogP contribution in [0.3, 0.4) is 0 Å². The van der Waals surface area contributed by atoms with Crippen molar-refractivity contribution in [1.82, 2.24) is 10.2 Å². The number of sulfone groups is 1. The van der Waals surface area contributed by atoms with Crippen LogP contribution in [0.25, 0.3) is 0 Å². The minimum absolute atomic E-state index is 0.0865. The molecule has 262 valence electrons. The van der Waals surface area contributed by atoms with E-state index in [1.807, 2.05) is 0 Å². The van der Waals surface area contributed by atoms with E-state index in [1.54, 1.807) is 6.92 Å². The van der Waals surface area contributed by atoms with Gasteiger partial charge in [-0.05, 0) is 63.3 Å². The lowest BCUT2D eigenvalue weighted by Gasteiger charge is -2.37. The lowest BCUT2D eigenvalue weighted by molar-refractivity contribution is -0.150. The van der Waals surface area contributed by atoms with Crippen molar-refractivity contribution in [3.05, 3.63) is 47.8 Å². The summed E-state index contributed by atoms with van der Waals surface area (Å²) in [5.41, 5.74) is -6.89. The number of ether oxygens (including phenoxy) is 2. The maximum absolute atomic E-state index is 15.0. The predicted octanol–water partition coefficient (Wildman–Crippen LogP) is 4.15. The maximum atomic E-state index is 15.0. The number of nitrogens with zero attached hydrogens (tertiary/aromatic N) is 1. The summed E-state index contributed by atoms with van der Waals surface area (Å²) in [6, 6.07) is 4.76. The Hall–Kier alpha value is -4.41. The molecule has 1 aliphatic heterocycles. The van der Waals surface area contributed by atoms with Gasteiger partial charge in [-0.3, -0.25) is 19.2 Å². The smallest absolute Gasteiger partial charge is 0.496 e. The molecule has 4 rings (SSSR count). The van der Waals surface area contributed by atoms with Crippen molar-refractivity contribution in [2.45, 2.75) is 68.5 Å². The second kappa shape index (κ2) is 14.0. The number of aliphatic carboxylic acids is 1. The highest BCUT2D eigenvalue weighted by Crippen LogP contribution is 2.39. The highest BCUT2D eigenvalue weighted by atomic mass is 32.2. The van der Waals surface area contributed by atoms with E-state index < -0.39 is 67.3 Å². The number of nitrogens with one attached hydrogen (secondary N) is 2. The third-order valence-electron chi connectivity index (χ3n) is 8.77. The zero-order valence-corrected chi connectivity index (χ0v) is 27.0. The van der Waals surface area contributed by atoms with Gasteiger partial charge in [0.1, 0.15) is 5.75 Å². The second-order valence-corrected chi connectivity index (χ2v) is 14.0. The van der Waals surface area contributed by atoms with Gasteiger partial charge in [-0.15, -0.1) is 0 Å². The van der Waals surface area contributed by atoms with Crippen LogP contribution in [0, 0.1) is 17.2 Å². The van der Waals surface area contributed by atoms with Crippen LogP contribution in [0.1, 0.15) is 56.3 Å². The topological polar surface area (TPSA) is 168 Å². The average Bonchev–Trinajstić information content (AvgIpc) is 3.02. The quantitative estimate of drug-likeness (QED) is 0.326. The zero-order chi connectivity index (χ0) is 35.6. The van der Waals surface area contributed by atoms with E-state index in [0.717, 1.165) is 24.3 Å². The van der Waals surface area contributed by atoms with Crippen LogP contribution in [0.4, 0.5) is 23.2 Å². The first-order valence-electron chi connectivity index (χ1n) is 14.9. The average molecular weight is 702 g/mol. The zero-order valence-electron chi connectivity index (χ0n) is 26.2. The summed E-state index contributed by atoms with van der Waals surface area (Å²) in [6.07, 6.45) is 0.873. The van der Waals surface area contributed by atoms with Crippen molar-refractivity contribution in [1.29, 1.82) is 0 Å². The molecular formula is C31H35F4N3O9S. The molecular weight excluding hydrogens is 666 g/mol. The molecule has 1 aliphatic carbocycles. The molecule has 2 aliphatic rings. The molecule has 0 aromatic heterocycles. The van der Waals surface area contributed by atoms with Crippen LogP contribution in [-0.4, -0.2) is 80.0 Å². The number of rotatable bonds is 9. The number of carboxylic acid groups (broad SMARTS) is 1. The number of anilines is 1. The van der Waals surface area contributed by atoms with E-state index in [1.165, 1.54) is 25.0 Å². The number of carbonyl (C=O) groups excluding carboxylic acids is 3. The molecule has 0 spiro atoms. The molecule has 1 heterocycles. The monoisotopic (exact) mass is 701 g/mol. The van der Waals surface area contributed by atoms with Crippen LogP contribution in [0.2, 0.25) is 0 Å². The van der Waals surface area contributed by atoms with Gasteiger partial charge >= 0.3 is 11.5 Å². The van der Waals surface area contributed by atoms with Crippen molar-refractivity contribution in [3.8, 4) is 11.5 Å². The molecule has 3 amide bonds. The number of hydrogen-bond acceptors (Lipinski definition) is 8. The highest BCUT2D eigenvalue weighted by molar-refractivity contribution is 7.92.